The van der Waals surface area contributed by atoms with Gasteiger partial charge in [0.25, 0.3) is 0 Å². The number of hydrogen-bond acceptors (Lipinski definition) is 7. The molecule has 0 spiro atoms. The fraction of sp³-hybridized carbons (Fsp3) is 0.773. The number of ether oxygens (including phenoxy) is 1. The quantitative estimate of drug-likeness (QED) is 0.390. The summed E-state index contributed by atoms with van der Waals surface area (Å²) in [6.07, 6.45) is 2.39. The van der Waals surface area contributed by atoms with Crippen LogP contribution >= 0.6 is 0 Å². The van der Waals surface area contributed by atoms with Crippen molar-refractivity contribution >= 4 is 67.6 Å². The fourth-order valence-corrected chi connectivity index (χ4v) is 12.1. The first-order valence-electron chi connectivity index (χ1n) is 12.5. The number of aromatic nitrogens is 4. The van der Waals surface area contributed by atoms with Gasteiger partial charge in [0.1, 0.15) is 0 Å². The van der Waals surface area contributed by atoms with Crippen molar-refractivity contribution in [3.05, 3.63) is 6.33 Å². The summed E-state index contributed by atoms with van der Waals surface area (Å²) in [6, 6.07) is 0. The molecule has 1 aliphatic rings. The number of nitrogens with zero attached hydrogens (tertiary/aromatic N) is 4. The van der Waals surface area contributed by atoms with Crippen molar-refractivity contribution in [2.45, 2.75) is 103 Å². The molecule has 35 heavy (non-hydrogen) atoms. The predicted octanol–water partition coefficient (Wildman–Crippen LogP) is 4.60. The van der Waals surface area contributed by atoms with E-state index < -0.39 is 31.5 Å². The van der Waals surface area contributed by atoms with Crippen molar-refractivity contribution < 1.29 is 13.6 Å². The second-order valence-corrected chi connectivity index (χ2v) is 41.3. The van der Waals surface area contributed by atoms with E-state index in [4.69, 9.17) is 28.5 Å². The molecule has 0 aromatic carbocycles. The number of rotatable bonds is 10. The Bertz CT molecular complexity index is 1030. The van der Waals surface area contributed by atoms with Crippen LogP contribution in [-0.2, 0) is 13.6 Å². The summed E-state index contributed by atoms with van der Waals surface area (Å²) in [6.45, 7) is 26.5. The topological polar surface area (TPSA) is 83.3 Å². The molecular formula is C22H45N5O3SeSi4. The predicted molar refractivity (Wildman–Crippen MR) is 157 cm³/mol. The molecule has 3 atom stereocenters. The third-order valence-corrected chi connectivity index (χ3v) is 14.4. The molecule has 2 aromatic rings. The molecular weight excluding hydrogens is 574 g/mol. The first kappa shape index (κ1) is 29.2. The molecule has 1 saturated heterocycles. The van der Waals surface area contributed by atoms with E-state index in [9.17, 15) is 0 Å². The van der Waals surface area contributed by atoms with Gasteiger partial charge in [-0.25, -0.2) is 0 Å². The van der Waals surface area contributed by atoms with Crippen LogP contribution in [0.2, 0.25) is 78.6 Å². The summed E-state index contributed by atoms with van der Waals surface area (Å²) in [5.74, 6) is 0.722. The van der Waals surface area contributed by atoms with Gasteiger partial charge in [0.2, 0.25) is 0 Å². The number of imidazole rings is 1. The van der Waals surface area contributed by atoms with Gasteiger partial charge in [-0.2, -0.15) is 0 Å². The standard InChI is InChI=1S/C22H45N5O3SeSi4/c1-32(2,3)26-22-24-20-19(21(25-22)31-35(10,11)12)23-15-27(20)18-13-16(30-34(7,8)9)17(29-18)14-28-33(4,5)6/h15-18H,13-14H2,1-12H3,(H,24,25,26)/t16-,17+,18+/m0/s1. The zero-order valence-electron chi connectivity index (χ0n) is 23.6. The second kappa shape index (κ2) is 10.4. The summed E-state index contributed by atoms with van der Waals surface area (Å²) < 4.78 is 22.7. The molecule has 8 nitrogen and oxygen atoms in total. The molecule has 0 unspecified atom stereocenters. The van der Waals surface area contributed by atoms with Crippen LogP contribution in [0, 0.1) is 0 Å². The van der Waals surface area contributed by atoms with Gasteiger partial charge >= 0.3 is 222 Å². The molecule has 1 N–H and O–H groups in total. The average molecular weight is 619 g/mol. The van der Waals surface area contributed by atoms with E-state index in [2.05, 4.69) is 88.1 Å². The third kappa shape index (κ3) is 8.85. The Labute approximate surface area is 221 Å². The van der Waals surface area contributed by atoms with Crippen molar-refractivity contribution in [1.82, 2.24) is 19.5 Å². The van der Waals surface area contributed by atoms with Crippen LogP contribution < -0.4 is 9.57 Å². The van der Waals surface area contributed by atoms with Crippen LogP contribution in [0.3, 0.4) is 0 Å². The van der Waals surface area contributed by atoms with Gasteiger partial charge in [0.05, 0.1) is 0 Å². The van der Waals surface area contributed by atoms with E-state index in [-0.39, 0.29) is 32.8 Å². The van der Waals surface area contributed by atoms with E-state index in [1.807, 2.05) is 6.33 Å². The Kier molecular flexibility index (Phi) is 8.68. The first-order valence-corrected chi connectivity index (χ1v) is 29.6. The monoisotopic (exact) mass is 619 g/mol. The molecule has 0 radical (unpaired) electrons. The molecule has 0 bridgehead atoms. The van der Waals surface area contributed by atoms with E-state index in [0.717, 1.165) is 28.1 Å². The molecule has 1 fully saturated rings. The van der Waals surface area contributed by atoms with E-state index in [1.54, 1.807) is 0 Å². The van der Waals surface area contributed by atoms with Gasteiger partial charge in [-0.05, 0) is 0 Å². The maximum atomic E-state index is 6.61. The molecule has 0 amide bonds. The second-order valence-electron chi connectivity index (χ2n) is 13.3. The molecule has 0 aliphatic carbocycles. The molecule has 3 rings (SSSR count). The average Bonchev–Trinajstić information content (AvgIpc) is 3.19. The van der Waals surface area contributed by atoms with Crippen molar-refractivity contribution in [1.29, 1.82) is 0 Å². The summed E-state index contributed by atoms with van der Waals surface area (Å²) in [5, 5.41) is 0. The maximum absolute atomic E-state index is 6.61. The van der Waals surface area contributed by atoms with Gasteiger partial charge in [-0.3, -0.25) is 0 Å². The van der Waals surface area contributed by atoms with Gasteiger partial charge in [0.15, 0.2) is 0 Å². The van der Waals surface area contributed by atoms with Crippen molar-refractivity contribution in [3.8, 4) is 0 Å². The van der Waals surface area contributed by atoms with E-state index >= 15 is 0 Å². The van der Waals surface area contributed by atoms with Crippen LogP contribution in [0.25, 0.3) is 11.2 Å². The third-order valence-electron chi connectivity index (χ3n) is 4.96. The molecule has 3 heterocycles. The first-order chi connectivity index (χ1) is 15.8. The van der Waals surface area contributed by atoms with E-state index in [0.29, 0.717) is 6.61 Å². The van der Waals surface area contributed by atoms with Crippen LogP contribution in [-0.4, -0.2) is 84.2 Å². The summed E-state index contributed by atoms with van der Waals surface area (Å²) >= 11 is 0.289. The zero-order chi connectivity index (χ0) is 26.4. The SMILES string of the molecule is C[Si](C)(C)Nc1nc([Se][Si](C)(C)C)c2ncn([C@H]3C[C@H](O[Si](C)(C)C)[C@@H](CO[Si](C)(C)C)O3)c2n1. The Morgan fingerprint density at radius 2 is 1.66 bits per heavy atom. The summed E-state index contributed by atoms with van der Waals surface area (Å²) in [4.78, 5) is 18.4. The Balaban J connectivity index is 1.99. The normalized spacial score (nSPS) is 22.2. The van der Waals surface area contributed by atoms with E-state index in [1.165, 1.54) is 0 Å². The van der Waals surface area contributed by atoms with Crippen molar-refractivity contribution in [3.63, 3.8) is 0 Å². The Hall–Kier alpha value is -0.383. The van der Waals surface area contributed by atoms with Crippen molar-refractivity contribution in [2.24, 2.45) is 0 Å². The number of nitrogens with one attached hydrogen (secondary N) is 1. The van der Waals surface area contributed by atoms with Gasteiger partial charge in [0, 0.05) is 0 Å². The van der Waals surface area contributed by atoms with Gasteiger partial charge in [-0.1, -0.05) is 0 Å². The Morgan fingerprint density at radius 3 is 2.20 bits per heavy atom. The van der Waals surface area contributed by atoms with Crippen LogP contribution in [0.15, 0.2) is 6.33 Å². The Morgan fingerprint density at radius 1 is 1.00 bits per heavy atom. The molecule has 198 valence electrons. The number of anilines is 1. The van der Waals surface area contributed by atoms with Gasteiger partial charge < -0.3 is 0 Å². The van der Waals surface area contributed by atoms with Crippen LogP contribution in [0.1, 0.15) is 12.6 Å². The number of hydrogen-bond donors (Lipinski definition) is 1. The van der Waals surface area contributed by atoms with Crippen LogP contribution in [0.5, 0.6) is 0 Å². The minimum atomic E-state index is -1.75. The molecule has 1 aliphatic heterocycles. The fourth-order valence-electron chi connectivity index (χ4n) is 3.79. The van der Waals surface area contributed by atoms with Gasteiger partial charge in [-0.15, -0.1) is 0 Å². The summed E-state index contributed by atoms with van der Waals surface area (Å²) in [5.41, 5.74) is 1.78. The molecule has 0 saturated carbocycles. The summed E-state index contributed by atoms with van der Waals surface area (Å²) in [7, 11) is -5.04. The minimum absolute atomic E-state index is 0.00699. The molecule has 2 aromatic heterocycles. The number of fused-ring (bicyclic) bond motifs is 1. The van der Waals surface area contributed by atoms with Crippen LogP contribution in [0.4, 0.5) is 5.95 Å². The van der Waals surface area contributed by atoms with Crippen molar-refractivity contribution in [2.75, 3.05) is 11.6 Å². The molecule has 13 heteroatoms. The zero-order valence-corrected chi connectivity index (χ0v) is 29.4.